The van der Waals surface area contributed by atoms with Crippen LogP contribution in [0.3, 0.4) is 0 Å². The topological polar surface area (TPSA) is 59.6 Å². The third kappa shape index (κ3) is 8.12. The largest absolute Gasteiger partial charge is 0.491 e. The Labute approximate surface area is 134 Å². The van der Waals surface area contributed by atoms with Crippen molar-refractivity contribution >= 4 is 29.1 Å². The highest BCUT2D eigenvalue weighted by Gasteiger charge is 2.04. The number of carbonyl (C=O) groups excluding carboxylic acids is 1. The maximum atomic E-state index is 11.6. The van der Waals surface area contributed by atoms with Crippen LogP contribution < -0.4 is 15.4 Å². The molecule has 0 heterocycles. The molecule has 0 radical (unpaired) electrons. The van der Waals surface area contributed by atoms with Crippen LogP contribution in [0.25, 0.3) is 0 Å². The molecule has 0 saturated carbocycles. The molecule has 0 aromatic heterocycles. The molecular formula is C14H20Cl2N2O3. The average molecular weight is 335 g/mol. The minimum absolute atomic E-state index is 0.0615. The summed E-state index contributed by atoms with van der Waals surface area (Å²) in [5.41, 5.74) is 0. The minimum Gasteiger partial charge on any atom is -0.491 e. The van der Waals surface area contributed by atoms with Gasteiger partial charge in [-0.25, -0.2) is 0 Å². The molecule has 118 valence electrons. The molecule has 0 bridgehead atoms. The molecule has 0 saturated heterocycles. The van der Waals surface area contributed by atoms with Gasteiger partial charge in [-0.1, -0.05) is 23.2 Å². The molecule has 0 atom stereocenters. The van der Waals surface area contributed by atoms with Gasteiger partial charge in [-0.15, -0.1) is 0 Å². The van der Waals surface area contributed by atoms with E-state index in [4.69, 9.17) is 32.7 Å². The molecule has 0 spiro atoms. The van der Waals surface area contributed by atoms with Crippen LogP contribution in [0.5, 0.6) is 5.75 Å². The van der Waals surface area contributed by atoms with E-state index in [1.807, 2.05) is 0 Å². The number of carbonyl (C=O) groups is 1. The van der Waals surface area contributed by atoms with E-state index in [0.717, 1.165) is 6.54 Å². The van der Waals surface area contributed by atoms with Gasteiger partial charge >= 0.3 is 0 Å². The van der Waals surface area contributed by atoms with Gasteiger partial charge in [0.2, 0.25) is 5.91 Å². The first-order valence-corrected chi connectivity index (χ1v) is 7.43. The van der Waals surface area contributed by atoms with Crippen LogP contribution in [0.2, 0.25) is 10.0 Å². The number of hydrogen-bond acceptors (Lipinski definition) is 4. The highest BCUT2D eigenvalue weighted by molar-refractivity contribution is 6.35. The summed E-state index contributed by atoms with van der Waals surface area (Å²) < 4.78 is 10.3. The third-order valence-electron chi connectivity index (χ3n) is 2.59. The first-order chi connectivity index (χ1) is 10.1. The Hall–Kier alpha value is -1.01. The molecule has 1 aromatic carbocycles. The van der Waals surface area contributed by atoms with Crippen LogP contribution in [0, 0.1) is 0 Å². The second-order valence-electron chi connectivity index (χ2n) is 4.27. The molecule has 5 nitrogen and oxygen atoms in total. The molecule has 1 rings (SSSR count). The van der Waals surface area contributed by atoms with Gasteiger partial charge in [0.25, 0.3) is 0 Å². The van der Waals surface area contributed by atoms with Gasteiger partial charge < -0.3 is 20.1 Å². The van der Waals surface area contributed by atoms with Gasteiger partial charge in [0.1, 0.15) is 5.75 Å². The summed E-state index contributed by atoms with van der Waals surface area (Å²) in [5.74, 6) is 0.462. The molecule has 0 fully saturated rings. The second kappa shape index (κ2) is 10.7. The number of halogens is 2. The predicted molar refractivity (Wildman–Crippen MR) is 84.3 cm³/mol. The van der Waals surface area contributed by atoms with Crippen molar-refractivity contribution in [3.63, 3.8) is 0 Å². The standard InChI is InChI=1S/C14H20Cl2N2O3/c1-20-9-7-17-5-6-18-14(19)4-8-21-13-3-2-11(15)10-12(13)16/h2-3,10,17H,4-9H2,1H3,(H,18,19). The molecule has 1 amide bonds. The summed E-state index contributed by atoms with van der Waals surface area (Å²) >= 11 is 11.7. The van der Waals surface area contributed by atoms with E-state index < -0.39 is 0 Å². The molecular weight excluding hydrogens is 315 g/mol. The third-order valence-corrected chi connectivity index (χ3v) is 3.12. The SMILES string of the molecule is COCCNCCNC(=O)CCOc1ccc(Cl)cc1Cl. The predicted octanol–water partition coefficient (Wildman–Crippen LogP) is 2.11. The fraction of sp³-hybridized carbons (Fsp3) is 0.500. The van der Waals surface area contributed by atoms with Gasteiger partial charge in [0.15, 0.2) is 0 Å². The first-order valence-electron chi connectivity index (χ1n) is 6.67. The van der Waals surface area contributed by atoms with Crippen LogP contribution in [0.1, 0.15) is 6.42 Å². The Morgan fingerprint density at radius 1 is 1.19 bits per heavy atom. The van der Waals surface area contributed by atoms with Crippen molar-refractivity contribution in [3.8, 4) is 5.75 Å². The molecule has 0 unspecified atom stereocenters. The zero-order valence-corrected chi connectivity index (χ0v) is 13.5. The number of ether oxygens (including phenoxy) is 2. The van der Waals surface area contributed by atoms with Crippen molar-refractivity contribution in [2.45, 2.75) is 6.42 Å². The maximum absolute atomic E-state index is 11.6. The summed E-state index contributed by atoms with van der Waals surface area (Å²) in [6.45, 7) is 2.97. The summed E-state index contributed by atoms with van der Waals surface area (Å²) in [7, 11) is 1.65. The fourth-order valence-corrected chi connectivity index (χ4v) is 1.99. The van der Waals surface area contributed by atoms with Crippen molar-refractivity contribution in [2.75, 3.05) is 40.0 Å². The monoisotopic (exact) mass is 334 g/mol. The zero-order chi connectivity index (χ0) is 15.5. The lowest BCUT2D eigenvalue weighted by Crippen LogP contribution is -2.33. The van der Waals surface area contributed by atoms with Crippen molar-refractivity contribution in [1.29, 1.82) is 0 Å². The van der Waals surface area contributed by atoms with E-state index in [1.165, 1.54) is 0 Å². The van der Waals surface area contributed by atoms with Gasteiger partial charge in [-0.3, -0.25) is 4.79 Å². The number of benzene rings is 1. The summed E-state index contributed by atoms with van der Waals surface area (Å²) in [5, 5.41) is 6.91. The van der Waals surface area contributed by atoms with Gasteiger partial charge in [-0.2, -0.15) is 0 Å². The number of hydrogen-bond donors (Lipinski definition) is 2. The fourth-order valence-electron chi connectivity index (χ4n) is 1.52. The van der Waals surface area contributed by atoms with Crippen LogP contribution in [0.15, 0.2) is 18.2 Å². The van der Waals surface area contributed by atoms with E-state index in [2.05, 4.69) is 10.6 Å². The van der Waals surface area contributed by atoms with Crippen molar-refractivity contribution in [3.05, 3.63) is 28.2 Å². The van der Waals surface area contributed by atoms with Crippen molar-refractivity contribution in [2.24, 2.45) is 0 Å². The van der Waals surface area contributed by atoms with E-state index in [-0.39, 0.29) is 18.9 Å². The number of methoxy groups -OCH3 is 1. The first kappa shape index (κ1) is 18.0. The van der Waals surface area contributed by atoms with E-state index >= 15 is 0 Å². The Kier molecular flexibility index (Phi) is 9.17. The van der Waals surface area contributed by atoms with Crippen molar-refractivity contribution in [1.82, 2.24) is 10.6 Å². The lowest BCUT2D eigenvalue weighted by molar-refractivity contribution is -0.121. The van der Waals surface area contributed by atoms with Gasteiger partial charge in [-0.05, 0) is 18.2 Å². The summed E-state index contributed by atoms with van der Waals surface area (Å²) in [6, 6.07) is 4.97. The second-order valence-corrected chi connectivity index (χ2v) is 5.11. The number of nitrogens with one attached hydrogen (secondary N) is 2. The molecule has 2 N–H and O–H groups in total. The van der Waals surface area contributed by atoms with Crippen LogP contribution in [-0.2, 0) is 9.53 Å². The van der Waals surface area contributed by atoms with Crippen LogP contribution in [-0.4, -0.2) is 45.9 Å². The Bertz CT molecular complexity index is 444. The van der Waals surface area contributed by atoms with E-state index in [9.17, 15) is 4.79 Å². The number of rotatable bonds is 10. The lowest BCUT2D eigenvalue weighted by Gasteiger charge is -2.09. The Morgan fingerprint density at radius 3 is 2.71 bits per heavy atom. The average Bonchev–Trinajstić information content (AvgIpc) is 2.45. The maximum Gasteiger partial charge on any atom is 0.223 e. The zero-order valence-electron chi connectivity index (χ0n) is 12.0. The van der Waals surface area contributed by atoms with Gasteiger partial charge in [0.05, 0.1) is 24.7 Å². The summed E-state index contributed by atoms with van der Waals surface area (Å²) in [6.07, 6.45) is 0.275. The van der Waals surface area contributed by atoms with E-state index in [0.29, 0.717) is 35.5 Å². The molecule has 0 aliphatic heterocycles. The molecule has 1 aromatic rings. The number of amides is 1. The van der Waals surface area contributed by atoms with Crippen molar-refractivity contribution < 1.29 is 14.3 Å². The van der Waals surface area contributed by atoms with E-state index in [1.54, 1.807) is 25.3 Å². The lowest BCUT2D eigenvalue weighted by atomic mass is 10.3. The Balaban J connectivity index is 2.10. The molecule has 21 heavy (non-hydrogen) atoms. The highest BCUT2D eigenvalue weighted by Crippen LogP contribution is 2.27. The normalized spacial score (nSPS) is 10.4. The van der Waals surface area contributed by atoms with Crippen LogP contribution >= 0.6 is 23.2 Å². The quantitative estimate of drug-likeness (QED) is 0.643. The molecule has 0 aliphatic rings. The van der Waals surface area contributed by atoms with Gasteiger partial charge in [0, 0.05) is 31.8 Å². The minimum atomic E-state index is -0.0615. The highest BCUT2D eigenvalue weighted by atomic mass is 35.5. The van der Waals surface area contributed by atoms with Crippen LogP contribution in [0.4, 0.5) is 0 Å². The summed E-state index contributed by atoms with van der Waals surface area (Å²) in [4.78, 5) is 11.6. The molecule has 7 heteroatoms. The Morgan fingerprint density at radius 2 is 2.00 bits per heavy atom. The smallest absolute Gasteiger partial charge is 0.223 e. The molecule has 0 aliphatic carbocycles.